The maximum Gasteiger partial charge on any atom is 0.145 e. The SMILES string of the molecule is NCC1(C(=O)Cc2cccs2)CCCCC1. The molecule has 0 unspecified atom stereocenters. The van der Waals surface area contributed by atoms with Gasteiger partial charge in [0, 0.05) is 23.3 Å². The number of carbonyl (C=O) groups excluding carboxylic acids is 1. The molecular formula is C13H19NOS. The number of thiophene rings is 1. The second kappa shape index (κ2) is 5.11. The summed E-state index contributed by atoms with van der Waals surface area (Å²) in [5, 5.41) is 2.03. The maximum absolute atomic E-state index is 12.3. The molecule has 1 saturated carbocycles. The summed E-state index contributed by atoms with van der Waals surface area (Å²) in [4.78, 5) is 13.5. The second-order valence-electron chi connectivity index (χ2n) is 4.72. The number of carbonyl (C=O) groups is 1. The Bertz CT molecular complexity index is 339. The number of ketones is 1. The molecule has 1 aromatic rings. The Balaban J connectivity index is 2.06. The normalized spacial score (nSPS) is 19.6. The summed E-state index contributed by atoms with van der Waals surface area (Å²) in [5.41, 5.74) is 5.64. The van der Waals surface area contributed by atoms with Crippen LogP contribution in [0.5, 0.6) is 0 Å². The number of nitrogens with two attached hydrogens (primary N) is 1. The van der Waals surface area contributed by atoms with Gasteiger partial charge >= 0.3 is 0 Å². The minimum atomic E-state index is -0.206. The van der Waals surface area contributed by atoms with Gasteiger partial charge in [-0.3, -0.25) is 4.79 Å². The predicted octanol–water partition coefficient (Wildman–Crippen LogP) is 2.77. The molecule has 0 saturated heterocycles. The molecule has 0 aliphatic heterocycles. The highest BCUT2D eigenvalue weighted by molar-refractivity contribution is 7.10. The minimum Gasteiger partial charge on any atom is -0.329 e. The maximum atomic E-state index is 12.3. The molecule has 0 amide bonds. The molecule has 1 fully saturated rings. The van der Waals surface area contributed by atoms with Crippen molar-refractivity contribution in [2.75, 3.05) is 6.54 Å². The monoisotopic (exact) mass is 237 g/mol. The van der Waals surface area contributed by atoms with Crippen molar-refractivity contribution in [3.63, 3.8) is 0 Å². The van der Waals surface area contributed by atoms with Gasteiger partial charge in [0.2, 0.25) is 0 Å². The summed E-state index contributed by atoms with van der Waals surface area (Å²) < 4.78 is 0. The molecule has 1 aromatic heterocycles. The van der Waals surface area contributed by atoms with Crippen molar-refractivity contribution in [1.29, 1.82) is 0 Å². The summed E-state index contributed by atoms with van der Waals surface area (Å²) in [6.45, 7) is 0.525. The molecule has 0 bridgehead atoms. The van der Waals surface area contributed by atoms with Crippen LogP contribution in [0.4, 0.5) is 0 Å². The van der Waals surface area contributed by atoms with Crippen LogP contribution in [0.3, 0.4) is 0 Å². The average Bonchev–Trinajstić information content (AvgIpc) is 2.82. The zero-order valence-electron chi connectivity index (χ0n) is 9.58. The molecule has 0 aromatic carbocycles. The molecule has 0 atom stereocenters. The molecule has 2 rings (SSSR count). The fourth-order valence-corrected chi connectivity index (χ4v) is 3.29. The molecule has 88 valence electrons. The molecule has 1 aliphatic rings. The van der Waals surface area contributed by atoms with Crippen LogP contribution < -0.4 is 5.73 Å². The van der Waals surface area contributed by atoms with E-state index in [1.165, 1.54) is 11.3 Å². The van der Waals surface area contributed by atoms with Crippen LogP contribution in [-0.2, 0) is 11.2 Å². The Morgan fingerprint density at radius 3 is 2.69 bits per heavy atom. The molecule has 3 heteroatoms. The summed E-state index contributed by atoms with van der Waals surface area (Å²) in [6, 6.07) is 4.04. The molecular weight excluding hydrogens is 218 g/mol. The fourth-order valence-electron chi connectivity index (χ4n) is 2.58. The van der Waals surface area contributed by atoms with Crippen LogP contribution in [0.15, 0.2) is 17.5 Å². The average molecular weight is 237 g/mol. The fraction of sp³-hybridized carbons (Fsp3) is 0.615. The van der Waals surface area contributed by atoms with Crippen LogP contribution in [0.1, 0.15) is 37.0 Å². The van der Waals surface area contributed by atoms with Gasteiger partial charge in [0.1, 0.15) is 5.78 Å². The van der Waals surface area contributed by atoms with Crippen molar-refractivity contribution in [1.82, 2.24) is 0 Å². The van der Waals surface area contributed by atoms with Gasteiger partial charge in [0.25, 0.3) is 0 Å². The predicted molar refractivity (Wildman–Crippen MR) is 67.6 cm³/mol. The third kappa shape index (κ3) is 2.36. The Morgan fingerprint density at radius 1 is 1.38 bits per heavy atom. The van der Waals surface area contributed by atoms with Crippen molar-refractivity contribution >= 4 is 17.1 Å². The van der Waals surface area contributed by atoms with Gasteiger partial charge in [-0.2, -0.15) is 0 Å². The van der Waals surface area contributed by atoms with E-state index in [0.29, 0.717) is 18.7 Å². The Morgan fingerprint density at radius 2 is 2.12 bits per heavy atom. The van der Waals surface area contributed by atoms with Crippen molar-refractivity contribution in [3.8, 4) is 0 Å². The van der Waals surface area contributed by atoms with Gasteiger partial charge in [-0.05, 0) is 24.3 Å². The zero-order chi connectivity index (χ0) is 11.4. The van der Waals surface area contributed by atoms with E-state index >= 15 is 0 Å². The Kier molecular flexibility index (Phi) is 3.77. The first-order valence-electron chi connectivity index (χ1n) is 6.03. The van der Waals surface area contributed by atoms with Crippen LogP contribution in [0, 0.1) is 5.41 Å². The molecule has 2 nitrogen and oxygen atoms in total. The number of hydrogen-bond donors (Lipinski definition) is 1. The lowest BCUT2D eigenvalue weighted by Gasteiger charge is -2.34. The van der Waals surface area contributed by atoms with Gasteiger partial charge < -0.3 is 5.73 Å². The molecule has 1 heterocycles. The topological polar surface area (TPSA) is 43.1 Å². The smallest absolute Gasteiger partial charge is 0.145 e. The lowest BCUT2D eigenvalue weighted by Crippen LogP contribution is -2.41. The van der Waals surface area contributed by atoms with Crippen molar-refractivity contribution in [2.24, 2.45) is 11.1 Å². The van der Waals surface area contributed by atoms with Crippen LogP contribution in [0.25, 0.3) is 0 Å². The van der Waals surface area contributed by atoms with Gasteiger partial charge in [-0.1, -0.05) is 25.3 Å². The van der Waals surface area contributed by atoms with Crippen molar-refractivity contribution in [3.05, 3.63) is 22.4 Å². The van der Waals surface area contributed by atoms with Crippen LogP contribution >= 0.6 is 11.3 Å². The lowest BCUT2D eigenvalue weighted by molar-refractivity contribution is -0.129. The van der Waals surface area contributed by atoms with Crippen LogP contribution in [-0.4, -0.2) is 12.3 Å². The second-order valence-corrected chi connectivity index (χ2v) is 5.76. The molecule has 0 spiro atoms. The highest BCUT2D eigenvalue weighted by Crippen LogP contribution is 2.37. The number of hydrogen-bond acceptors (Lipinski definition) is 3. The van der Waals surface area contributed by atoms with Gasteiger partial charge in [-0.15, -0.1) is 11.3 Å². The molecule has 2 N–H and O–H groups in total. The van der Waals surface area contributed by atoms with E-state index in [1.54, 1.807) is 11.3 Å². The van der Waals surface area contributed by atoms with E-state index in [9.17, 15) is 4.79 Å². The lowest BCUT2D eigenvalue weighted by atomic mass is 9.70. The van der Waals surface area contributed by atoms with E-state index in [2.05, 4.69) is 0 Å². The standard InChI is InChI=1S/C13H19NOS/c14-10-13(6-2-1-3-7-13)12(15)9-11-5-4-8-16-11/h4-5,8H,1-3,6-7,9-10,14H2. The first-order valence-corrected chi connectivity index (χ1v) is 6.90. The molecule has 0 radical (unpaired) electrons. The number of rotatable bonds is 4. The van der Waals surface area contributed by atoms with Gasteiger partial charge in [0.05, 0.1) is 0 Å². The highest BCUT2D eigenvalue weighted by atomic mass is 32.1. The highest BCUT2D eigenvalue weighted by Gasteiger charge is 2.37. The van der Waals surface area contributed by atoms with E-state index < -0.39 is 0 Å². The van der Waals surface area contributed by atoms with E-state index in [0.717, 1.165) is 25.7 Å². The minimum absolute atomic E-state index is 0.206. The molecule has 1 aliphatic carbocycles. The van der Waals surface area contributed by atoms with Crippen molar-refractivity contribution < 1.29 is 4.79 Å². The third-order valence-corrected chi connectivity index (χ3v) is 4.58. The third-order valence-electron chi connectivity index (χ3n) is 3.71. The summed E-state index contributed by atoms with van der Waals surface area (Å²) in [6.07, 6.45) is 6.14. The summed E-state index contributed by atoms with van der Waals surface area (Å²) in [5.74, 6) is 0.358. The quantitative estimate of drug-likeness (QED) is 0.875. The van der Waals surface area contributed by atoms with Gasteiger partial charge in [0.15, 0.2) is 0 Å². The van der Waals surface area contributed by atoms with E-state index in [4.69, 9.17) is 5.73 Å². The Hall–Kier alpha value is -0.670. The summed E-state index contributed by atoms with van der Waals surface area (Å²) >= 11 is 1.66. The van der Waals surface area contributed by atoms with E-state index in [-0.39, 0.29) is 5.41 Å². The number of Topliss-reactive ketones (excluding diaryl/α,β-unsaturated/α-hetero) is 1. The van der Waals surface area contributed by atoms with Crippen LogP contribution in [0.2, 0.25) is 0 Å². The Labute approximate surface area is 101 Å². The summed E-state index contributed by atoms with van der Waals surface area (Å²) in [7, 11) is 0. The zero-order valence-corrected chi connectivity index (χ0v) is 10.4. The first kappa shape index (κ1) is 11.8. The van der Waals surface area contributed by atoms with Gasteiger partial charge in [-0.25, -0.2) is 0 Å². The van der Waals surface area contributed by atoms with E-state index in [1.807, 2.05) is 17.5 Å². The largest absolute Gasteiger partial charge is 0.329 e. The molecule has 16 heavy (non-hydrogen) atoms. The first-order chi connectivity index (χ1) is 7.77. The van der Waals surface area contributed by atoms with Crippen molar-refractivity contribution in [2.45, 2.75) is 38.5 Å².